The summed E-state index contributed by atoms with van der Waals surface area (Å²) in [4.78, 5) is 0. The monoisotopic (exact) mass is 229 g/mol. The second-order valence-electron chi connectivity index (χ2n) is 3.20. The lowest BCUT2D eigenvalue weighted by molar-refractivity contribution is 0.295. The number of para-hydroxylation sites is 1. The summed E-state index contributed by atoms with van der Waals surface area (Å²) in [6.45, 7) is -0.109. The van der Waals surface area contributed by atoms with E-state index in [4.69, 9.17) is 5.11 Å². The van der Waals surface area contributed by atoms with Gasteiger partial charge >= 0.3 is 0 Å². The predicted molar refractivity (Wildman–Crippen MR) is 60.3 cm³/mol. The van der Waals surface area contributed by atoms with E-state index in [0.29, 0.717) is 5.69 Å². The van der Waals surface area contributed by atoms with Gasteiger partial charge in [0.05, 0.1) is 11.4 Å². The van der Waals surface area contributed by atoms with E-state index in [1.165, 1.54) is 11.4 Å². The summed E-state index contributed by atoms with van der Waals surface area (Å²) in [6.07, 6.45) is 0.263. The summed E-state index contributed by atoms with van der Waals surface area (Å²) in [5, 5.41) is 8.60. The number of aliphatic hydroxyl groups is 1. The normalized spacial score (nSPS) is 11.3. The van der Waals surface area contributed by atoms with E-state index >= 15 is 0 Å². The molecule has 0 aromatic heterocycles. The van der Waals surface area contributed by atoms with Crippen molar-refractivity contribution < 1.29 is 13.5 Å². The fourth-order valence-electron chi connectivity index (χ4n) is 1.18. The molecule has 84 valence electrons. The Morgan fingerprint density at radius 1 is 1.27 bits per heavy atom. The van der Waals surface area contributed by atoms with Gasteiger partial charge < -0.3 is 5.11 Å². The van der Waals surface area contributed by atoms with Crippen molar-refractivity contribution >= 4 is 15.7 Å². The zero-order valence-corrected chi connectivity index (χ0v) is 9.44. The Morgan fingerprint density at radius 2 is 1.87 bits per heavy atom. The molecule has 0 aliphatic carbocycles. The number of hydrogen-bond donors (Lipinski definition) is 1. The summed E-state index contributed by atoms with van der Waals surface area (Å²) in [5.74, 6) is -0.0328. The van der Waals surface area contributed by atoms with E-state index in [1.54, 1.807) is 24.3 Å². The van der Waals surface area contributed by atoms with Crippen molar-refractivity contribution in [2.24, 2.45) is 0 Å². The van der Waals surface area contributed by atoms with Gasteiger partial charge in [-0.1, -0.05) is 18.2 Å². The van der Waals surface area contributed by atoms with Gasteiger partial charge in [-0.3, -0.25) is 4.31 Å². The average molecular weight is 229 g/mol. The van der Waals surface area contributed by atoms with Gasteiger partial charge in [0.1, 0.15) is 0 Å². The lowest BCUT2D eigenvalue weighted by atomic mass is 10.3. The van der Waals surface area contributed by atoms with E-state index in [1.807, 2.05) is 6.07 Å². The highest BCUT2D eigenvalue weighted by Crippen LogP contribution is 2.15. The van der Waals surface area contributed by atoms with Crippen LogP contribution < -0.4 is 4.31 Å². The van der Waals surface area contributed by atoms with Crippen molar-refractivity contribution in [3.8, 4) is 0 Å². The van der Waals surface area contributed by atoms with Crippen molar-refractivity contribution in [2.45, 2.75) is 6.42 Å². The van der Waals surface area contributed by atoms with Crippen LogP contribution in [-0.2, 0) is 10.0 Å². The minimum Gasteiger partial charge on any atom is -0.396 e. The maximum atomic E-state index is 11.7. The third-order valence-electron chi connectivity index (χ3n) is 2.10. The molecule has 0 saturated carbocycles. The minimum atomic E-state index is -3.30. The second kappa shape index (κ2) is 5.14. The Bertz CT molecular complexity index is 388. The van der Waals surface area contributed by atoms with Crippen LogP contribution in [0.3, 0.4) is 0 Å². The maximum Gasteiger partial charge on any atom is 0.234 e. The first-order valence-electron chi connectivity index (χ1n) is 4.70. The Labute approximate surface area is 90.2 Å². The molecule has 0 aliphatic rings. The van der Waals surface area contributed by atoms with Crippen LogP contribution in [0.25, 0.3) is 0 Å². The SMILES string of the molecule is CN(c1ccccc1)S(=O)(=O)CCCO. The second-order valence-corrected chi connectivity index (χ2v) is 5.32. The van der Waals surface area contributed by atoms with Gasteiger partial charge in [0.15, 0.2) is 0 Å². The molecule has 1 aromatic rings. The van der Waals surface area contributed by atoms with Crippen molar-refractivity contribution in [1.82, 2.24) is 0 Å². The first-order chi connectivity index (χ1) is 7.08. The topological polar surface area (TPSA) is 57.6 Å². The van der Waals surface area contributed by atoms with E-state index in [0.717, 1.165) is 0 Å². The van der Waals surface area contributed by atoms with E-state index in [2.05, 4.69) is 0 Å². The highest BCUT2D eigenvalue weighted by atomic mass is 32.2. The van der Waals surface area contributed by atoms with Crippen LogP contribution in [0, 0.1) is 0 Å². The molecule has 0 saturated heterocycles. The standard InChI is InChI=1S/C10H15NO3S/c1-11(10-6-3-2-4-7-10)15(13,14)9-5-8-12/h2-4,6-7,12H,5,8-9H2,1H3. The third-order valence-corrected chi connectivity index (χ3v) is 3.95. The van der Waals surface area contributed by atoms with Crippen LogP contribution in [0.4, 0.5) is 5.69 Å². The van der Waals surface area contributed by atoms with Crippen LogP contribution in [0.2, 0.25) is 0 Å². The number of aliphatic hydroxyl groups excluding tert-OH is 1. The van der Waals surface area contributed by atoms with Gasteiger partial charge in [0.2, 0.25) is 10.0 Å². The average Bonchev–Trinajstić information content (AvgIpc) is 2.26. The molecule has 0 heterocycles. The Kier molecular flexibility index (Phi) is 4.11. The van der Waals surface area contributed by atoms with Crippen molar-refractivity contribution in [3.63, 3.8) is 0 Å². The highest BCUT2D eigenvalue weighted by Gasteiger charge is 2.16. The summed E-state index contributed by atoms with van der Waals surface area (Å²) in [5.41, 5.74) is 0.635. The molecule has 0 amide bonds. The smallest absolute Gasteiger partial charge is 0.234 e. The predicted octanol–water partition coefficient (Wildman–Crippen LogP) is 0.835. The molecule has 0 unspecified atom stereocenters. The van der Waals surface area contributed by atoms with Crippen LogP contribution in [0.15, 0.2) is 30.3 Å². The summed E-state index contributed by atoms with van der Waals surface area (Å²) in [7, 11) is -1.79. The number of rotatable bonds is 5. The molecule has 0 aliphatic heterocycles. The molecule has 0 radical (unpaired) electrons. The van der Waals surface area contributed by atoms with Crippen molar-refractivity contribution in [1.29, 1.82) is 0 Å². The van der Waals surface area contributed by atoms with Crippen molar-refractivity contribution in [3.05, 3.63) is 30.3 Å². The Hall–Kier alpha value is -1.07. The molecule has 1 aromatic carbocycles. The molecular weight excluding hydrogens is 214 g/mol. The van der Waals surface area contributed by atoms with Gasteiger partial charge in [-0.2, -0.15) is 0 Å². The van der Waals surface area contributed by atoms with Gasteiger partial charge in [0, 0.05) is 13.7 Å². The zero-order valence-electron chi connectivity index (χ0n) is 8.63. The molecule has 5 heteroatoms. The van der Waals surface area contributed by atoms with Crippen LogP contribution >= 0.6 is 0 Å². The van der Waals surface area contributed by atoms with E-state index in [-0.39, 0.29) is 18.8 Å². The number of hydrogen-bond acceptors (Lipinski definition) is 3. The van der Waals surface area contributed by atoms with Gasteiger partial charge in [0.25, 0.3) is 0 Å². The quantitative estimate of drug-likeness (QED) is 0.813. The Balaban J connectivity index is 2.80. The maximum absolute atomic E-state index is 11.7. The van der Waals surface area contributed by atoms with Crippen molar-refractivity contribution in [2.75, 3.05) is 23.7 Å². The Morgan fingerprint density at radius 3 is 2.40 bits per heavy atom. The minimum absolute atomic E-state index is 0.0328. The summed E-state index contributed by atoms with van der Waals surface area (Å²) >= 11 is 0. The van der Waals surface area contributed by atoms with Crippen LogP contribution in [0.5, 0.6) is 0 Å². The molecule has 15 heavy (non-hydrogen) atoms. The fraction of sp³-hybridized carbons (Fsp3) is 0.400. The summed E-state index contributed by atoms with van der Waals surface area (Å²) in [6, 6.07) is 8.87. The molecule has 0 bridgehead atoms. The largest absolute Gasteiger partial charge is 0.396 e. The van der Waals surface area contributed by atoms with Gasteiger partial charge in [-0.25, -0.2) is 8.42 Å². The van der Waals surface area contributed by atoms with Gasteiger partial charge in [-0.05, 0) is 18.6 Å². The first-order valence-corrected chi connectivity index (χ1v) is 6.31. The molecule has 4 nitrogen and oxygen atoms in total. The lowest BCUT2D eigenvalue weighted by Crippen LogP contribution is -2.29. The van der Waals surface area contributed by atoms with E-state index < -0.39 is 10.0 Å². The number of anilines is 1. The summed E-state index contributed by atoms with van der Waals surface area (Å²) < 4.78 is 24.6. The molecule has 0 fully saturated rings. The molecule has 0 atom stereocenters. The van der Waals surface area contributed by atoms with Crippen LogP contribution in [0.1, 0.15) is 6.42 Å². The molecule has 1 rings (SSSR count). The number of nitrogens with zero attached hydrogens (tertiary/aromatic N) is 1. The lowest BCUT2D eigenvalue weighted by Gasteiger charge is -2.18. The molecular formula is C10H15NO3S. The van der Waals surface area contributed by atoms with Gasteiger partial charge in [-0.15, -0.1) is 0 Å². The highest BCUT2D eigenvalue weighted by molar-refractivity contribution is 7.92. The molecule has 1 N–H and O–H groups in total. The number of sulfonamides is 1. The molecule has 0 spiro atoms. The number of benzene rings is 1. The fourth-order valence-corrected chi connectivity index (χ4v) is 2.39. The first kappa shape index (κ1) is 12.0. The van der Waals surface area contributed by atoms with Crippen LogP contribution in [-0.4, -0.2) is 32.9 Å². The third kappa shape index (κ3) is 3.21. The van der Waals surface area contributed by atoms with E-state index in [9.17, 15) is 8.42 Å². The zero-order chi connectivity index (χ0) is 11.3.